The van der Waals surface area contributed by atoms with Crippen LogP contribution in [0.15, 0.2) is 24.4 Å². The molecule has 94 valence electrons. The van der Waals surface area contributed by atoms with Gasteiger partial charge in [0, 0.05) is 24.7 Å². The van der Waals surface area contributed by atoms with Crippen molar-refractivity contribution in [1.82, 2.24) is 4.57 Å². The topological polar surface area (TPSA) is 25.2 Å². The summed E-state index contributed by atoms with van der Waals surface area (Å²) in [5, 5.41) is 10.7. The molecule has 4 heteroatoms. The minimum absolute atomic E-state index is 0.367. The average molecular weight is 282 g/mol. The summed E-state index contributed by atoms with van der Waals surface area (Å²) in [6.45, 7) is 2.38. The molecule has 18 heavy (non-hydrogen) atoms. The van der Waals surface area contributed by atoms with Gasteiger partial charge in [-0.25, -0.2) is 0 Å². The zero-order valence-electron chi connectivity index (χ0n) is 9.95. The lowest BCUT2D eigenvalue weighted by molar-refractivity contribution is 0.174. The smallest absolute Gasteiger partial charge is 0.0691 e. The summed E-state index contributed by atoms with van der Waals surface area (Å²) in [7, 11) is 0. The van der Waals surface area contributed by atoms with Gasteiger partial charge in [-0.1, -0.05) is 23.2 Å². The van der Waals surface area contributed by atoms with E-state index in [1.54, 1.807) is 6.92 Å². The van der Waals surface area contributed by atoms with Gasteiger partial charge in [0.15, 0.2) is 0 Å². The molecule has 1 aromatic heterocycles. The van der Waals surface area contributed by atoms with Gasteiger partial charge in [0.05, 0.1) is 21.8 Å². The van der Waals surface area contributed by atoms with Gasteiger partial charge in [0.1, 0.15) is 0 Å². The van der Waals surface area contributed by atoms with Gasteiger partial charge in [0.2, 0.25) is 0 Å². The van der Waals surface area contributed by atoms with Crippen LogP contribution in [0.1, 0.15) is 18.1 Å². The second-order valence-corrected chi connectivity index (χ2v) is 5.61. The van der Waals surface area contributed by atoms with E-state index in [0.29, 0.717) is 16.6 Å². The summed E-state index contributed by atoms with van der Waals surface area (Å²) in [6.07, 6.45) is 2.53. The molecule has 0 fully saturated rings. The molecule has 0 spiro atoms. The van der Waals surface area contributed by atoms with Crippen molar-refractivity contribution in [3.63, 3.8) is 0 Å². The molecule has 2 nitrogen and oxygen atoms in total. The molecular formula is C14H13Cl2NO. The molecule has 2 aromatic rings. The molecular weight excluding hydrogens is 269 g/mol. The van der Waals surface area contributed by atoms with Crippen LogP contribution in [0.25, 0.3) is 11.3 Å². The largest absolute Gasteiger partial charge is 0.392 e. The summed E-state index contributed by atoms with van der Waals surface area (Å²) in [5.74, 6) is 0. The van der Waals surface area contributed by atoms with Crippen LogP contribution in [0, 0.1) is 0 Å². The van der Waals surface area contributed by atoms with Crippen LogP contribution in [0.3, 0.4) is 0 Å². The highest BCUT2D eigenvalue weighted by molar-refractivity contribution is 6.42. The lowest BCUT2D eigenvalue weighted by Crippen LogP contribution is -2.11. The first-order valence-electron chi connectivity index (χ1n) is 5.90. The fourth-order valence-electron chi connectivity index (χ4n) is 2.58. The fourth-order valence-corrected chi connectivity index (χ4v) is 2.93. The van der Waals surface area contributed by atoms with E-state index >= 15 is 0 Å². The first kappa shape index (κ1) is 12.1. The minimum Gasteiger partial charge on any atom is -0.392 e. The van der Waals surface area contributed by atoms with E-state index < -0.39 is 0 Å². The number of hydrogen-bond donors (Lipinski definition) is 1. The normalized spacial score (nSPS) is 14.4. The molecule has 1 atom stereocenters. The predicted octanol–water partition coefficient (Wildman–Crippen LogP) is 3.75. The van der Waals surface area contributed by atoms with Gasteiger partial charge in [-0.2, -0.15) is 0 Å². The zero-order chi connectivity index (χ0) is 12.9. The van der Waals surface area contributed by atoms with Crippen LogP contribution in [-0.4, -0.2) is 15.8 Å². The van der Waals surface area contributed by atoms with Crippen LogP contribution in [0.2, 0.25) is 10.0 Å². The van der Waals surface area contributed by atoms with E-state index in [1.807, 2.05) is 18.3 Å². The first-order valence-corrected chi connectivity index (χ1v) is 6.66. The van der Waals surface area contributed by atoms with Gasteiger partial charge < -0.3 is 9.67 Å². The van der Waals surface area contributed by atoms with Crippen molar-refractivity contribution in [2.24, 2.45) is 0 Å². The molecule has 0 aliphatic heterocycles. The Bertz CT molecular complexity index is 616. The monoisotopic (exact) mass is 281 g/mol. The molecule has 0 saturated carbocycles. The van der Waals surface area contributed by atoms with Gasteiger partial charge in [-0.05, 0) is 36.2 Å². The number of rotatable bonds is 2. The molecule has 0 saturated heterocycles. The molecule has 0 bridgehead atoms. The van der Waals surface area contributed by atoms with Gasteiger partial charge in [0.25, 0.3) is 0 Å². The number of aliphatic hydroxyl groups excluding tert-OH is 1. The SMILES string of the molecule is CC(O)Cn1ccc2c1-c1cc(Cl)c(Cl)cc1C2. The second-order valence-electron chi connectivity index (χ2n) is 4.79. The van der Waals surface area contributed by atoms with E-state index in [0.717, 1.165) is 17.7 Å². The van der Waals surface area contributed by atoms with Crippen LogP contribution in [-0.2, 0) is 13.0 Å². The summed E-state index contributed by atoms with van der Waals surface area (Å²) < 4.78 is 2.08. The maximum absolute atomic E-state index is 9.53. The maximum atomic E-state index is 9.53. The van der Waals surface area contributed by atoms with Gasteiger partial charge in [-0.3, -0.25) is 0 Å². The third kappa shape index (κ3) is 1.85. The summed E-state index contributed by atoms with van der Waals surface area (Å²) >= 11 is 12.1. The van der Waals surface area contributed by atoms with Crippen molar-refractivity contribution < 1.29 is 5.11 Å². The van der Waals surface area contributed by atoms with E-state index in [2.05, 4.69) is 10.6 Å². The number of nitrogens with zero attached hydrogens (tertiary/aromatic N) is 1. The van der Waals surface area contributed by atoms with E-state index in [4.69, 9.17) is 23.2 Å². The summed E-state index contributed by atoms with van der Waals surface area (Å²) in [6, 6.07) is 5.95. The molecule has 1 heterocycles. The highest BCUT2D eigenvalue weighted by atomic mass is 35.5. The third-order valence-corrected chi connectivity index (χ3v) is 4.01. The quantitative estimate of drug-likeness (QED) is 0.761. The Kier molecular flexibility index (Phi) is 2.89. The van der Waals surface area contributed by atoms with E-state index in [-0.39, 0.29) is 6.10 Å². The van der Waals surface area contributed by atoms with Crippen molar-refractivity contribution in [3.8, 4) is 11.3 Å². The Labute approximate surface area is 116 Å². The first-order chi connectivity index (χ1) is 8.56. The molecule has 1 N–H and O–H groups in total. The number of hydrogen-bond acceptors (Lipinski definition) is 1. The molecule has 3 rings (SSSR count). The molecule has 1 unspecified atom stereocenters. The van der Waals surface area contributed by atoms with Crippen LogP contribution in [0.5, 0.6) is 0 Å². The Morgan fingerprint density at radius 3 is 2.72 bits per heavy atom. The fraction of sp³-hybridized carbons (Fsp3) is 0.286. The number of benzene rings is 1. The molecule has 0 radical (unpaired) electrons. The van der Waals surface area contributed by atoms with Crippen molar-refractivity contribution >= 4 is 23.2 Å². The average Bonchev–Trinajstić information content (AvgIpc) is 2.80. The van der Waals surface area contributed by atoms with Crippen molar-refractivity contribution in [1.29, 1.82) is 0 Å². The van der Waals surface area contributed by atoms with Crippen LogP contribution < -0.4 is 0 Å². The van der Waals surface area contributed by atoms with Crippen molar-refractivity contribution in [2.45, 2.75) is 26.0 Å². The number of fused-ring (bicyclic) bond motifs is 3. The Balaban J connectivity index is 2.13. The molecule has 0 amide bonds. The minimum atomic E-state index is -0.367. The highest BCUT2D eigenvalue weighted by Crippen LogP contribution is 2.41. The van der Waals surface area contributed by atoms with Crippen molar-refractivity contribution in [2.75, 3.05) is 0 Å². The van der Waals surface area contributed by atoms with E-state index in [9.17, 15) is 5.11 Å². The lowest BCUT2D eigenvalue weighted by Gasteiger charge is -2.11. The lowest BCUT2D eigenvalue weighted by atomic mass is 10.1. The summed E-state index contributed by atoms with van der Waals surface area (Å²) in [5.41, 5.74) is 4.76. The maximum Gasteiger partial charge on any atom is 0.0691 e. The van der Waals surface area contributed by atoms with Crippen LogP contribution in [0.4, 0.5) is 0 Å². The Morgan fingerprint density at radius 1 is 1.28 bits per heavy atom. The van der Waals surface area contributed by atoms with Crippen LogP contribution >= 0.6 is 23.2 Å². The molecule has 1 aliphatic rings. The molecule has 1 aliphatic carbocycles. The molecule has 1 aromatic carbocycles. The second kappa shape index (κ2) is 4.30. The van der Waals surface area contributed by atoms with Crippen molar-refractivity contribution in [3.05, 3.63) is 45.6 Å². The number of halogens is 2. The van der Waals surface area contributed by atoms with Gasteiger partial charge in [-0.15, -0.1) is 0 Å². The number of aromatic nitrogens is 1. The number of aliphatic hydroxyl groups is 1. The van der Waals surface area contributed by atoms with E-state index in [1.165, 1.54) is 11.1 Å². The predicted molar refractivity (Wildman–Crippen MR) is 74.4 cm³/mol. The third-order valence-electron chi connectivity index (χ3n) is 3.29. The summed E-state index contributed by atoms with van der Waals surface area (Å²) in [4.78, 5) is 0. The Hall–Kier alpha value is -0.960. The van der Waals surface area contributed by atoms with Gasteiger partial charge >= 0.3 is 0 Å². The Morgan fingerprint density at radius 2 is 2.00 bits per heavy atom. The standard InChI is InChI=1S/C14H13Cl2NO/c1-8(18)7-17-3-2-9-4-10-5-12(15)13(16)6-11(10)14(9)17/h2-3,5-6,8,18H,4,7H2,1H3. The highest BCUT2D eigenvalue weighted by Gasteiger charge is 2.23. The zero-order valence-corrected chi connectivity index (χ0v) is 11.5.